The number of aliphatic hydroxyl groups excluding tert-OH is 1. The van der Waals surface area contributed by atoms with E-state index in [0.29, 0.717) is 28.5 Å². The van der Waals surface area contributed by atoms with E-state index in [1.54, 1.807) is 42.6 Å². The first kappa shape index (κ1) is 17.3. The van der Waals surface area contributed by atoms with Gasteiger partial charge in [0.2, 0.25) is 5.95 Å². The molecule has 5 N–H and O–H groups in total. The van der Waals surface area contributed by atoms with Gasteiger partial charge in [0, 0.05) is 30.1 Å². The lowest BCUT2D eigenvalue weighted by molar-refractivity contribution is 0.102. The average molecular weight is 350 g/mol. The van der Waals surface area contributed by atoms with Gasteiger partial charge in [-0.05, 0) is 30.3 Å². The number of amides is 1. The van der Waals surface area contributed by atoms with E-state index in [0.717, 1.165) is 0 Å². The molecule has 0 saturated carbocycles. The summed E-state index contributed by atoms with van der Waals surface area (Å²) < 4.78 is 0. The van der Waals surface area contributed by atoms with Gasteiger partial charge in [0.15, 0.2) is 0 Å². The number of nitrogens with zero attached hydrogens (tertiary/aromatic N) is 3. The molecule has 0 aliphatic rings. The predicted octanol–water partition coefficient (Wildman–Crippen LogP) is 1.78. The fourth-order valence-electron chi connectivity index (χ4n) is 2.27. The van der Waals surface area contributed by atoms with Gasteiger partial charge >= 0.3 is 0 Å². The molecule has 0 saturated heterocycles. The SMILES string of the molecule is Nc1cccc(C(=O)Nc2cc(-c3ccccn3)nc(NCCO)n2)c1. The molecule has 3 rings (SSSR count). The van der Waals surface area contributed by atoms with Crippen LogP contribution in [0, 0.1) is 0 Å². The normalized spacial score (nSPS) is 10.3. The van der Waals surface area contributed by atoms with Crippen molar-refractivity contribution in [1.82, 2.24) is 15.0 Å². The second-order valence-electron chi connectivity index (χ2n) is 5.41. The first-order valence-corrected chi connectivity index (χ1v) is 7.98. The first-order chi connectivity index (χ1) is 12.7. The van der Waals surface area contributed by atoms with E-state index in [2.05, 4.69) is 25.6 Å². The summed E-state index contributed by atoms with van der Waals surface area (Å²) in [6.07, 6.45) is 1.66. The molecular formula is C18H18N6O2. The van der Waals surface area contributed by atoms with Crippen molar-refractivity contribution in [3.63, 3.8) is 0 Å². The molecule has 8 nitrogen and oxygen atoms in total. The molecule has 0 atom stereocenters. The Morgan fingerprint density at radius 1 is 1.08 bits per heavy atom. The largest absolute Gasteiger partial charge is 0.399 e. The fourth-order valence-corrected chi connectivity index (χ4v) is 2.27. The van der Waals surface area contributed by atoms with Gasteiger partial charge in [-0.25, -0.2) is 4.98 Å². The molecule has 0 radical (unpaired) electrons. The van der Waals surface area contributed by atoms with Gasteiger partial charge in [0.05, 0.1) is 18.0 Å². The molecular weight excluding hydrogens is 332 g/mol. The molecule has 0 aliphatic heterocycles. The highest BCUT2D eigenvalue weighted by Crippen LogP contribution is 2.20. The average Bonchev–Trinajstić information content (AvgIpc) is 2.67. The number of carbonyl (C=O) groups is 1. The van der Waals surface area contributed by atoms with Crippen LogP contribution in [0.5, 0.6) is 0 Å². The summed E-state index contributed by atoms with van der Waals surface area (Å²) in [4.78, 5) is 25.3. The van der Waals surface area contributed by atoms with Gasteiger partial charge in [-0.1, -0.05) is 12.1 Å². The number of aliphatic hydroxyl groups is 1. The highest BCUT2D eigenvalue weighted by Gasteiger charge is 2.11. The van der Waals surface area contributed by atoms with Crippen molar-refractivity contribution in [1.29, 1.82) is 0 Å². The number of pyridine rings is 1. The van der Waals surface area contributed by atoms with Crippen LogP contribution < -0.4 is 16.4 Å². The zero-order valence-corrected chi connectivity index (χ0v) is 13.9. The lowest BCUT2D eigenvalue weighted by atomic mass is 10.2. The number of benzene rings is 1. The highest BCUT2D eigenvalue weighted by atomic mass is 16.3. The smallest absolute Gasteiger partial charge is 0.256 e. The lowest BCUT2D eigenvalue weighted by Crippen LogP contribution is -2.15. The summed E-state index contributed by atoms with van der Waals surface area (Å²) in [5.41, 5.74) is 7.83. The van der Waals surface area contributed by atoms with Crippen molar-refractivity contribution in [2.75, 3.05) is 29.5 Å². The van der Waals surface area contributed by atoms with E-state index >= 15 is 0 Å². The monoisotopic (exact) mass is 350 g/mol. The molecule has 1 aromatic carbocycles. The van der Waals surface area contributed by atoms with Crippen LogP contribution in [0.1, 0.15) is 10.4 Å². The zero-order valence-electron chi connectivity index (χ0n) is 13.9. The topological polar surface area (TPSA) is 126 Å². The van der Waals surface area contributed by atoms with Crippen LogP contribution in [0.4, 0.5) is 17.5 Å². The van der Waals surface area contributed by atoms with Crippen LogP contribution in [0.2, 0.25) is 0 Å². The van der Waals surface area contributed by atoms with E-state index in [4.69, 9.17) is 10.8 Å². The Bertz CT molecular complexity index is 901. The van der Waals surface area contributed by atoms with E-state index in [1.807, 2.05) is 12.1 Å². The molecule has 1 amide bonds. The Morgan fingerprint density at radius 3 is 2.69 bits per heavy atom. The Morgan fingerprint density at radius 2 is 1.96 bits per heavy atom. The number of nitrogen functional groups attached to an aromatic ring is 1. The van der Waals surface area contributed by atoms with E-state index in [-0.39, 0.29) is 25.0 Å². The number of nitrogens with one attached hydrogen (secondary N) is 2. The minimum Gasteiger partial charge on any atom is -0.399 e. The van der Waals surface area contributed by atoms with E-state index in [9.17, 15) is 4.79 Å². The van der Waals surface area contributed by atoms with Gasteiger partial charge in [0.25, 0.3) is 5.91 Å². The molecule has 2 aromatic heterocycles. The van der Waals surface area contributed by atoms with E-state index in [1.165, 1.54) is 0 Å². The second kappa shape index (κ2) is 8.04. The number of hydrogen-bond acceptors (Lipinski definition) is 7. The van der Waals surface area contributed by atoms with Crippen molar-refractivity contribution in [2.45, 2.75) is 0 Å². The van der Waals surface area contributed by atoms with Gasteiger partial charge in [-0.3, -0.25) is 9.78 Å². The van der Waals surface area contributed by atoms with E-state index < -0.39 is 0 Å². The number of carbonyl (C=O) groups excluding carboxylic acids is 1. The van der Waals surface area contributed by atoms with Crippen molar-refractivity contribution < 1.29 is 9.90 Å². The predicted molar refractivity (Wildman–Crippen MR) is 99.6 cm³/mol. The molecule has 0 spiro atoms. The van der Waals surface area contributed by atoms with Crippen molar-refractivity contribution in [2.24, 2.45) is 0 Å². The minimum absolute atomic E-state index is 0.0673. The lowest BCUT2D eigenvalue weighted by Gasteiger charge is -2.10. The van der Waals surface area contributed by atoms with Crippen LogP contribution in [0.3, 0.4) is 0 Å². The molecule has 3 aromatic rings. The third kappa shape index (κ3) is 4.31. The molecule has 0 fully saturated rings. The maximum Gasteiger partial charge on any atom is 0.256 e. The summed E-state index contributed by atoms with van der Waals surface area (Å²) in [6, 6.07) is 13.8. The Labute approximate surface area is 150 Å². The second-order valence-corrected chi connectivity index (χ2v) is 5.41. The summed E-state index contributed by atoms with van der Waals surface area (Å²) >= 11 is 0. The minimum atomic E-state index is -0.337. The quantitative estimate of drug-likeness (QED) is 0.499. The van der Waals surface area contributed by atoms with Gasteiger partial charge in [-0.15, -0.1) is 0 Å². The van der Waals surface area contributed by atoms with Crippen molar-refractivity contribution in [3.8, 4) is 11.4 Å². The summed E-state index contributed by atoms with van der Waals surface area (Å²) in [5.74, 6) is 0.259. The highest BCUT2D eigenvalue weighted by molar-refractivity contribution is 6.04. The summed E-state index contributed by atoms with van der Waals surface area (Å²) in [6.45, 7) is 0.219. The Hall–Kier alpha value is -3.52. The zero-order chi connectivity index (χ0) is 18.4. The van der Waals surface area contributed by atoms with Crippen molar-refractivity contribution >= 4 is 23.4 Å². The Kier molecular flexibility index (Phi) is 5.35. The third-order valence-corrected chi connectivity index (χ3v) is 3.44. The molecule has 0 bridgehead atoms. The molecule has 2 heterocycles. The van der Waals surface area contributed by atoms with Gasteiger partial charge in [0.1, 0.15) is 5.82 Å². The number of aromatic nitrogens is 3. The molecule has 0 aliphatic carbocycles. The third-order valence-electron chi connectivity index (χ3n) is 3.44. The van der Waals surface area contributed by atoms with Crippen LogP contribution in [-0.2, 0) is 0 Å². The Balaban J connectivity index is 1.91. The first-order valence-electron chi connectivity index (χ1n) is 7.98. The van der Waals surface area contributed by atoms with Crippen LogP contribution in [0.25, 0.3) is 11.4 Å². The molecule has 0 unspecified atom stereocenters. The number of anilines is 3. The van der Waals surface area contributed by atoms with Gasteiger partial charge < -0.3 is 21.5 Å². The van der Waals surface area contributed by atoms with Crippen LogP contribution in [0.15, 0.2) is 54.7 Å². The molecule has 8 heteroatoms. The number of hydrogen-bond donors (Lipinski definition) is 4. The summed E-state index contributed by atoms with van der Waals surface area (Å²) in [5, 5.41) is 14.6. The van der Waals surface area contributed by atoms with Crippen molar-refractivity contribution in [3.05, 3.63) is 60.3 Å². The standard InChI is InChI=1S/C18H18N6O2/c19-13-5-3-4-12(10-13)17(26)23-16-11-15(14-6-1-2-7-20-14)22-18(24-16)21-8-9-25/h1-7,10-11,25H,8-9,19H2,(H2,21,22,23,24,26). The van der Waals surface area contributed by atoms with Crippen LogP contribution in [-0.4, -0.2) is 39.1 Å². The summed E-state index contributed by atoms with van der Waals surface area (Å²) in [7, 11) is 0. The maximum atomic E-state index is 12.4. The number of nitrogens with two attached hydrogens (primary N) is 1. The fraction of sp³-hybridized carbons (Fsp3) is 0.111. The molecule has 26 heavy (non-hydrogen) atoms. The maximum absolute atomic E-state index is 12.4. The van der Waals surface area contributed by atoms with Gasteiger partial charge in [-0.2, -0.15) is 4.98 Å². The molecule has 132 valence electrons. The number of rotatable bonds is 6. The van der Waals surface area contributed by atoms with Crippen LogP contribution >= 0.6 is 0 Å².